The fourth-order valence-corrected chi connectivity index (χ4v) is 6.14. The van der Waals surface area contributed by atoms with Crippen LogP contribution in [0.4, 0.5) is 5.69 Å². The fraction of sp³-hybridized carbons (Fsp3) is 0.333. The summed E-state index contributed by atoms with van der Waals surface area (Å²) in [6, 6.07) is 23.7. The van der Waals surface area contributed by atoms with Gasteiger partial charge in [-0.05, 0) is 56.5 Å². The molecule has 3 aromatic carbocycles. The average Bonchev–Trinajstić information content (AvgIpc) is 3.45. The molecule has 1 fully saturated rings. The van der Waals surface area contributed by atoms with Crippen LogP contribution in [0.5, 0.6) is 0 Å². The molecular weight excluding hydrogens is 498 g/mol. The topological polar surface area (TPSA) is 86.8 Å². The first-order chi connectivity index (χ1) is 18.3. The molecule has 1 N–H and O–H groups in total. The average molecular weight is 534 g/mol. The molecule has 0 aliphatic heterocycles. The van der Waals surface area contributed by atoms with Gasteiger partial charge in [0.2, 0.25) is 11.8 Å². The quantitative estimate of drug-likeness (QED) is 0.411. The van der Waals surface area contributed by atoms with Crippen LogP contribution in [0.1, 0.15) is 43.7 Å². The summed E-state index contributed by atoms with van der Waals surface area (Å²) in [7, 11) is -4.04. The Morgan fingerprint density at radius 2 is 1.47 bits per heavy atom. The van der Waals surface area contributed by atoms with Crippen LogP contribution in [0.3, 0.4) is 0 Å². The third-order valence-corrected chi connectivity index (χ3v) is 8.78. The highest BCUT2D eigenvalue weighted by Gasteiger charge is 2.33. The largest absolute Gasteiger partial charge is 0.352 e. The maximum atomic E-state index is 13.9. The van der Waals surface area contributed by atoms with Gasteiger partial charge < -0.3 is 10.2 Å². The summed E-state index contributed by atoms with van der Waals surface area (Å²) in [5, 5.41) is 3.09. The van der Waals surface area contributed by atoms with Crippen molar-refractivity contribution in [1.82, 2.24) is 10.2 Å². The zero-order chi connectivity index (χ0) is 27.1. The van der Waals surface area contributed by atoms with Crippen LogP contribution in [0.25, 0.3) is 0 Å². The van der Waals surface area contributed by atoms with Gasteiger partial charge in [-0.1, -0.05) is 79.1 Å². The number of sulfonamides is 1. The van der Waals surface area contributed by atoms with Crippen LogP contribution >= 0.6 is 0 Å². The lowest BCUT2D eigenvalue weighted by molar-refractivity contribution is -0.139. The van der Waals surface area contributed by atoms with Crippen molar-refractivity contribution in [2.24, 2.45) is 0 Å². The summed E-state index contributed by atoms with van der Waals surface area (Å²) in [5.74, 6) is -0.683. The minimum absolute atomic E-state index is 0.0914. The normalized spacial score (nSPS) is 14.6. The lowest BCUT2D eigenvalue weighted by Crippen LogP contribution is -2.52. The number of aryl methyl sites for hydroxylation is 1. The highest BCUT2D eigenvalue weighted by atomic mass is 32.2. The Morgan fingerprint density at radius 3 is 2.08 bits per heavy atom. The Bertz CT molecular complexity index is 1320. The second kappa shape index (κ2) is 12.3. The number of benzene rings is 3. The molecule has 200 valence electrons. The van der Waals surface area contributed by atoms with Gasteiger partial charge in [0.15, 0.2) is 0 Å². The van der Waals surface area contributed by atoms with Gasteiger partial charge in [-0.15, -0.1) is 0 Å². The summed E-state index contributed by atoms with van der Waals surface area (Å²) in [5.41, 5.74) is 2.33. The van der Waals surface area contributed by atoms with Crippen LogP contribution in [-0.4, -0.2) is 43.8 Å². The third-order valence-electron chi connectivity index (χ3n) is 7.00. The number of nitrogens with zero attached hydrogens (tertiary/aromatic N) is 2. The molecule has 0 spiro atoms. The van der Waals surface area contributed by atoms with E-state index < -0.39 is 28.5 Å². The summed E-state index contributed by atoms with van der Waals surface area (Å²) in [6.07, 6.45) is 4.02. The van der Waals surface area contributed by atoms with E-state index in [-0.39, 0.29) is 23.4 Å². The first kappa shape index (κ1) is 27.4. The Labute approximate surface area is 225 Å². The van der Waals surface area contributed by atoms with Gasteiger partial charge in [-0.3, -0.25) is 13.9 Å². The smallest absolute Gasteiger partial charge is 0.264 e. The van der Waals surface area contributed by atoms with E-state index in [1.807, 2.05) is 31.2 Å². The Morgan fingerprint density at radius 1 is 0.895 bits per heavy atom. The van der Waals surface area contributed by atoms with Gasteiger partial charge in [0.05, 0.1) is 10.6 Å². The molecule has 0 radical (unpaired) electrons. The van der Waals surface area contributed by atoms with E-state index in [0.29, 0.717) is 5.69 Å². The van der Waals surface area contributed by atoms with Crippen molar-refractivity contribution in [3.05, 3.63) is 96.1 Å². The molecule has 4 rings (SSSR count). The van der Waals surface area contributed by atoms with E-state index in [1.54, 1.807) is 55.5 Å². The van der Waals surface area contributed by atoms with Crippen molar-refractivity contribution in [1.29, 1.82) is 0 Å². The van der Waals surface area contributed by atoms with Gasteiger partial charge in [-0.25, -0.2) is 8.42 Å². The zero-order valence-electron chi connectivity index (χ0n) is 21.9. The lowest BCUT2D eigenvalue weighted by Gasteiger charge is -2.32. The number of rotatable bonds is 10. The van der Waals surface area contributed by atoms with Gasteiger partial charge >= 0.3 is 0 Å². The Balaban J connectivity index is 1.65. The van der Waals surface area contributed by atoms with Crippen LogP contribution < -0.4 is 9.62 Å². The molecule has 1 atom stereocenters. The SMILES string of the molecule is Cc1ccc(CN(C(=O)CN(c2ccccc2)S(=O)(=O)c2ccccc2)[C@H](C)C(=O)NC2CCCC2)cc1. The summed E-state index contributed by atoms with van der Waals surface area (Å²) in [4.78, 5) is 28.7. The highest BCUT2D eigenvalue weighted by molar-refractivity contribution is 7.92. The standard InChI is InChI=1S/C30H35N3O4S/c1-23-17-19-25(20-18-23)21-32(24(2)30(35)31-26-11-9-10-12-26)29(34)22-33(27-13-5-3-6-14-27)38(36,37)28-15-7-4-8-16-28/h3-8,13-20,24,26H,9-12,21-22H2,1-2H3,(H,31,35)/t24-/m1/s1. The number of nitrogens with one attached hydrogen (secondary N) is 1. The van der Waals surface area contributed by atoms with E-state index in [2.05, 4.69) is 5.32 Å². The fourth-order valence-electron chi connectivity index (χ4n) is 4.71. The van der Waals surface area contributed by atoms with Gasteiger partial charge in [0.25, 0.3) is 10.0 Å². The number of hydrogen-bond donors (Lipinski definition) is 1. The summed E-state index contributed by atoms with van der Waals surface area (Å²) < 4.78 is 28.5. The van der Waals surface area contributed by atoms with E-state index in [0.717, 1.165) is 41.1 Å². The molecule has 3 aromatic rings. The molecule has 1 saturated carbocycles. The van der Waals surface area contributed by atoms with E-state index in [1.165, 1.54) is 17.0 Å². The van der Waals surface area contributed by atoms with Gasteiger partial charge in [0.1, 0.15) is 12.6 Å². The van der Waals surface area contributed by atoms with Crippen molar-refractivity contribution < 1.29 is 18.0 Å². The van der Waals surface area contributed by atoms with E-state index >= 15 is 0 Å². The number of hydrogen-bond acceptors (Lipinski definition) is 4. The Hall–Kier alpha value is -3.65. The molecule has 7 nitrogen and oxygen atoms in total. The maximum Gasteiger partial charge on any atom is 0.264 e. The number of carbonyl (C=O) groups excluding carboxylic acids is 2. The predicted molar refractivity (Wildman–Crippen MR) is 149 cm³/mol. The molecule has 0 bridgehead atoms. The monoisotopic (exact) mass is 533 g/mol. The van der Waals surface area contributed by atoms with Crippen LogP contribution in [0, 0.1) is 6.92 Å². The highest BCUT2D eigenvalue weighted by Crippen LogP contribution is 2.24. The number of amides is 2. The molecule has 0 heterocycles. The van der Waals surface area contributed by atoms with Crippen molar-refractivity contribution in [3.63, 3.8) is 0 Å². The molecule has 2 amide bonds. The van der Waals surface area contributed by atoms with Gasteiger partial charge in [-0.2, -0.15) is 0 Å². The second-order valence-electron chi connectivity index (χ2n) is 9.83. The molecule has 0 aromatic heterocycles. The number of anilines is 1. The minimum Gasteiger partial charge on any atom is -0.352 e. The first-order valence-electron chi connectivity index (χ1n) is 13.0. The van der Waals surface area contributed by atoms with Crippen molar-refractivity contribution in [2.75, 3.05) is 10.8 Å². The van der Waals surface area contributed by atoms with Crippen molar-refractivity contribution in [3.8, 4) is 0 Å². The van der Waals surface area contributed by atoms with Crippen molar-refractivity contribution >= 4 is 27.5 Å². The lowest BCUT2D eigenvalue weighted by atomic mass is 10.1. The zero-order valence-corrected chi connectivity index (χ0v) is 22.7. The number of para-hydroxylation sites is 1. The van der Waals surface area contributed by atoms with Crippen molar-refractivity contribution in [2.45, 2.75) is 63.1 Å². The molecule has 38 heavy (non-hydrogen) atoms. The first-order valence-corrected chi connectivity index (χ1v) is 14.5. The molecule has 8 heteroatoms. The van der Waals surface area contributed by atoms with E-state index in [4.69, 9.17) is 0 Å². The van der Waals surface area contributed by atoms with E-state index in [9.17, 15) is 18.0 Å². The molecule has 0 saturated heterocycles. The van der Waals surface area contributed by atoms with Crippen LogP contribution in [0.2, 0.25) is 0 Å². The van der Waals surface area contributed by atoms with Crippen LogP contribution in [-0.2, 0) is 26.2 Å². The molecular formula is C30H35N3O4S. The molecule has 1 aliphatic carbocycles. The van der Waals surface area contributed by atoms with Crippen LogP contribution in [0.15, 0.2) is 89.8 Å². The summed E-state index contributed by atoms with van der Waals surface area (Å²) in [6.45, 7) is 3.44. The minimum atomic E-state index is -4.04. The summed E-state index contributed by atoms with van der Waals surface area (Å²) >= 11 is 0. The third kappa shape index (κ3) is 6.61. The molecule has 0 unspecified atom stereocenters. The Kier molecular flexibility index (Phi) is 8.84. The molecule has 1 aliphatic rings. The predicted octanol–water partition coefficient (Wildman–Crippen LogP) is 4.67. The number of carbonyl (C=O) groups is 2. The second-order valence-corrected chi connectivity index (χ2v) is 11.7. The maximum absolute atomic E-state index is 13.9. The van der Waals surface area contributed by atoms with Gasteiger partial charge in [0, 0.05) is 12.6 Å².